The zero-order valence-electron chi connectivity index (χ0n) is 13.4. The van der Waals surface area contributed by atoms with Gasteiger partial charge in [-0.25, -0.2) is 0 Å². The smallest absolute Gasteiger partial charge is 0.0701 e. The molecule has 1 aliphatic rings. The fraction of sp³-hybridized carbons (Fsp3) is 0.647. The monoisotopic (exact) mass is 284 g/mol. The van der Waals surface area contributed by atoms with Crippen molar-refractivity contribution in [1.29, 1.82) is 0 Å². The van der Waals surface area contributed by atoms with E-state index in [1.807, 2.05) is 36.4 Å². The highest BCUT2D eigenvalue weighted by Crippen LogP contribution is 1.95. The molecule has 0 unspecified atom stereocenters. The molecule has 1 saturated heterocycles. The number of hydrogen-bond acceptors (Lipinski definition) is 3. The first-order chi connectivity index (χ1) is 9.91. The van der Waals surface area contributed by atoms with E-state index in [1.165, 1.54) is 25.7 Å². The minimum atomic E-state index is 0.778. The maximum absolute atomic E-state index is 7.00. The van der Waals surface area contributed by atoms with Gasteiger partial charge in [-0.3, -0.25) is 0 Å². The number of aliphatic hydroxyl groups is 1. The molecule has 0 bridgehead atoms. The second kappa shape index (κ2) is 23.2. The lowest BCUT2D eigenvalue weighted by Crippen LogP contribution is -2.16. The molecular weight excluding hydrogens is 252 g/mol. The summed E-state index contributed by atoms with van der Waals surface area (Å²) in [5.41, 5.74) is 0. The molecule has 1 aromatic rings. The zero-order valence-corrected chi connectivity index (χ0v) is 13.4. The van der Waals surface area contributed by atoms with Crippen molar-refractivity contribution in [3.8, 4) is 0 Å². The first-order valence-corrected chi connectivity index (χ1v) is 7.52. The topological polar surface area (TPSA) is 38.7 Å². The Kier molecular flexibility index (Phi) is 24.8. The molecule has 118 valence electrons. The average molecular weight is 284 g/mol. The van der Waals surface area contributed by atoms with Gasteiger partial charge in [0.1, 0.15) is 0 Å². The van der Waals surface area contributed by atoms with Gasteiger partial charge in [0.15, 0.2) is 0 Å². The Hall–Kier alpha value is -0.900. The summed E-state index contributed by atoms with van der Waals surface area (Å²) in [6.45, 7) is 7.57. The molecule has 3 heteroatoms. The van der Waals surface area contributed by atoms with E-state index < -0.39 is 0 Å². The van der Waals surface area contributed by atoms with Crippen LogP contribution in [0.2, 0.25) is 0 Å². The van der Waals surface area contributed by atoms with Gasteiger partial charge in [0.25, 0.3) is 0 Å². The molecular formula is C17H32O3. The summed E-state index contributed by atoms with van der Waals surface area (Å²) in [7, 11) is 1.00. The van der Waals surface area contributed by atoms with E-state index in [1.54, 1.807) is 0 Å². The molecule has 20 heavy (non-hydrogen) atoms. The molecule has 0 amide bonds. The second-order valence-electron chi connectivity index (χ2n) is 4.09. The van der Waals surface area contributed by atoms with Crippen molar-refractivity contribution in [2.75, 3.05) is 33.5 Å². The van der Waals surface area contributed by atoms with Crippen LogP contribution in [0.1, 0.15) is 39.5 Å². The summed E-state index contributed by atoms with van der Waals surface area (Å²) in [6.07, 6.45) is 5.54. The first kappa shape index (κ1) is 21.4. The van der Waals surface area contributed by atoms with Gasteiger partial charge in [0, 0.05) is 7.11 Å². The summed E-state index contributed by atoms with van der Waals surface area (Å²) in [6, 6.07) is 12.0. The highest BCUT2D eigenvalue weighted by molar-refractivity contribution is 4.99. The third-order valence-corrected chi connectivity index (χ3v) is 2.37. The van der Waals surface area contributed by atoms with Crippen LogP contribution < -0.4 is 0 Å². The predicted octanol–water partition coefficient (Wildman–Crippen LogP) is 3.91. The number of benzene rings is 1. The third kappa shape index (κ3) is 22.3. The summed E-state index contributed by atoms with van der Waals surface area (Å²) in [5, 5.41) is 7.00. The lowest BCUT2D eigenvalue weighted by atomic mass is 10.2. The maximum atomic E-state index is 7.00. The highest BCUT2D eigenvalue weighted by Gasteiger charge is 1.94. The van der Waals surface area contributed by atoms with E-state index in [0.29, 0.717) is 0 Å². The Morgan fingerprint density at radius 1 is 0.650 bits per heavy atom. The number of hydrogen-bond donors (Lipinski definition) is 1. The number of rotatable bonds is 3. The van der Waals surface area contributed by atoms with Crippen molar-refractivity contribution in [3.05, 3.63) is 36.4 Å². The summed E-state index contributed by atoms with van der Waals surface area (Å²) in [4.78, 5) is 0. The molecule has 0 spiro atoms. The van der Waals surface area contributed by atoms with Crippen LogP contribution in [0.4, 0.5) is 0 Å². The Bertz CT molecular complexity index is 181. The maximum Gasteiger partial charge on any atom is 0.0701 e. The van der Waals surface area contributed by atoms with Crippen molar-refractivity contribution in [2.24, 2.45) is 0 Å². The van der Waals surface area contributed by atoms with E-state index in [0.717, 1.165) is 33.5 Å². The van der Waals surface area contributed by atoms with E-state index in [4.69, 9.17) is 14.6 Å². The van der Waals surface area contributed by atoms with Gasteiger partial charge >= 0.3 is 0 Å². The molecule has 1 aromatic carbocycles. The van der Waals surface area contributed by atoms with Crippen molar-refractivity contribution in [2.45, 2.75) is 39.5 Å². The Morgan fingerprint density at radius 2 is 0.900 bits per heavy atom. The molecule has 2 rings (SSSR count). The van der Waals surface area contributed by atoms with Gasteiger partial charge in [0.2, 0.25) is 0 Å². The van der Waals surface area contributed by atoms with Crippen LogP contribution in [0.3, 0.4) is 0 Å². The minimum absolute atomic E-state index is 0.778. The molecule has 1 fully saturated rings. The van der Waals surface area contributed by atoms with Crippen LogP contribution in [0.25, 0.3) is 0 Å². The molecule has 0 aromatic heterocycles. The quantitative estimate of drug-likeness (QED) is 0.855. The molecule has 0 aliphatic carbocycles. The van der Waals surface area contributed by atoms with E-state index in [2.05, 4.69) is 13.8 Å². The van der Waals surface area contributed by atoms with Gasteiger partial charge in [-0.15, -0.1) is 0 Å². The normalized spacial score (nSPS) is 12.6. The van der Waals surface area contributed by atoms with Crippen molar-refractivity contribution < 1.29 is 14.6 Å². The van der Waals surface area contributed by atoms with Gasteiger partial charge < -0.3 is 14.6 Å². The van der Waals surface area contributed by atoms with Gasteiger partial charge in [-0.05, 0) is 0 Å². The van der Waals surface area contributed by atoms with Crippen LogP contribution in [-0.4, -0.2) is 38.6 Å². The molecule has 1 aliphatic heterocycles. The second-order valence-corrected chi connectivity index (χ2v) is 4.09. The molecule has 3 nitrogen and oxygen atoms in total. The van der Waals surface area contributed by atoms with E-state index >= 15 is 0 Å². The molecule has 0 atom stereocenters. The Morgan fingerprint density at radius 3 is 1.05 bits per heavy atom. The van der Waals surface area contributed by atoms with Crippen LogP contribution in [0, 0.1) is 0 Å². The first-order valence-electron chi connectivity index (χ1n) is 7.52. The lowest BCUT2D eigenvalue weighted by molar-refractivity contribution is -0.0334. The van der Waals surface area contributed by atoms with E-state index in [9.17, 15) is 0 Å². The zero-order chi connectivity index (χ0) is 15.3. The number of aliphatic hydroxyl groups excluding tert-OH is 1. The van der Waals surface area contributed by atoms with Gasteiger partial charge in [-0.2, -0.15) is 0 Å². The molecule has 0 saturated carbocycles. The van der Waals surface area contributed by atoms with Gasteiger partial charge in [-0.1, -0.05) is 75.9 Å². The SMILES string of the molecule is C1COCCO1.CCCCCC.CO.c1ccccc1. The molecule has 0 radical (unpaired) electrons. The van der Waals surface area contributed by atoms with Crippen LogP contribution in [0.15, 0.2) is 36.4 Å². The fourth-order valence-corrected chi connectivity index (χ4v) is 1.32. The van der Waals surface area contributed by atoms with Crippen LogP contribution >= 0.6 is 0 Å². The third-order valence-electron chi connectivity index (χ3n) is 2.37. The molecule has 1 heterocycles. The summed E-state index contributed by atoms with van der Waals surface area (Å²) >= 11 is 0. The van der Waals surface area contributed by atoms with Crippen LogP contribution in [0.5, 0.6) is 0 Å². The van der Waals surface area contributed by atoms with Crippen molar-refractivity contribution in [3.63, 3.8) is 0 Å². The predicted molar refractivity (Wildman–Crippen MR) is 86.0 cm³/mol. The van der Waals surface area contributed by atoms with E-state index in [-0.39, 0.29) is 0 Å². The highest BCUT2D eigenvalue weighted by atomic mass is 16.6. The van der Waals surface area contributed by atoms with Crippen molar-refractivity contribution >= 4 is 0 Å². The van der Waals surface area contributed by atoms with Crippen LogP contribution in [-0.2, 0) is 9.47 Å². The summed E-state index contributed by atoms with van der Waals surface area (Å²) < 4.78 is 9.89. The molecule has 1 N–H and O–H groups in total. The summed E-state index contributed by atoms with van der Waals surface area (Å²) in [5.74, 6) is 0. The Labute approximate surface area is 124 Å². The average Bonchev–Trinajstić information content (AvgIpc) is 2.59. The lowest BCUT2D eigenvalue weighted by Gasteiger charge is -2.09. The van der Waals surface area contributed by atoms with Gasteiger partial charge in [0.05, 0.1) is 26.4 Å². The Balaban J connectivity index is 0. The number of ether oxygens (including phenoxy) is 2. The standard InChI is InChI=1S/C6H6.C6H14.C4H8O2.CH4O/c1-2-4-6-5-3-1;1-3-5-6-4-2;1-2-6-4-3-5-1;1-2/h1-6H;3-6H2,1-2H3;1-4H2;2H,1H3. The largest absolute Gasteiger partial charge is 0.400 e. The fourth-order valence-electron chi connectivity index (χ4n) is 1.32. The number of unbranched alkanes of at least 4 members (excludes halogenated alkanes) is 3. The minimum Gasteiger partial charge on any atom is -0.400 e. The van der Waals surface area contributed by atoms with Crippen molar-refractivity contribution in [1.82, 2.24) is 0 Å².